The largest absolute Gasteiger partial charge is 0.489 e. The summed E-state index contributed by atoms with van der Waals surface area (Å²) >= 11 is 5.85. The van der Waals surface area contributed by atoms with Crippen molar-refractivity contribution in [2.45, 2.75) is 6.61 Å². The van der Waals surface area contributed by atoms with E-state index >= 15 is 0 Å². The molecule has 2 aromatic rings. The van der Waals surface area contributed by atoms with Gasteiger partial charge in [-0.1, -0.05) is 17.7 Å². The third kappa shape index (κ3) is 3.11. The maximum absolute atomic E-state index is 12.9. The van der Waals surface area contributed by atoms with E-state index in [1.807, 2.05) is 0 Å². The molecule has 2 N–H and O–H groups in total. The predicted molar refractivity (Wildman–Crippen MR) is 66.6 cm³/mol. The first-order valence-electron chi connectivity index (χ1n) is 5.07. The van der Waals surface area contributed by atoms with Crippen molar-refractivity contribution in [1.29, 1.82) is 0 Å². The van der Waals surface area contributed by atoms with Crippen LogP contribution in [-0.4, -0.2) is 0 Å². The number of ether oxygens (including phenoxy) is 1. The van der Waals surface area contributed by atoms with Crippen molar-refractivity contribution in [2.24, 2.45) is 0 Å². The Kier molecular flexibility index (Phi) is 3.49. The molecule has 0 atom stereocenters. The van der Waals surface area contributed by atoms with Gasteiger partial charge in [0.25, 0.3) is 0 Å². The van der Waals surface area contributed by atoms with Crippen LogP contribution in [0.5, 0.6) is 5.75 Å². The van der Waals surface area contributed by atoms with Crippen LogP contribution in [0.25, 0.3) is 0 Å². The highest BCUT2D eigenvalue weighted by Crippen LogP contribution is 2.20. The maximum Gasteiger partial charge on any atom is 0.126 e. The molecule has 0 unspecified atom stereocenters. The molecule has 2 aromatic carbocycles. The van der Waals surface area contributed by atoms with Gasteiger partial charge in [-0.05, 0) is 30.3 Å². The van der Waals surface area contributed by atoms with E-state index in [2.05, 4.69) is 0 Å². The van der Waals surface area contributed by atoms with E-state index in [-0.39, 0.29) is 12.4 Å². The zero-order valence-electron chi connectivity index (χ0n) is 8.99. The molecule has 0 aliphatic rings. The van der Waals surface area contributed by atoms with Crippen LogP contribution in [0, 0.1) is 5.82 Å². The highest BCUT2D eigenvalue weighted by molar-refractivity contribution is 6.30. The lowest BCUT2D eigenvalue weighted by Crippen LogP contribution is -2.00. The molecule has 0 spiro atoms. The molecular formula is C13H11ClFNO. The Hall–Kier alpha value is -1.74. The van der Waals surface area contributed by atoms with Crippen LogP contribution in [0.2, 0.25) is 5.02 Å². The van der Waals surface area contributed by atoms with Crippen LogP contribution < -0.4 is 10.5 Å². The Labute approximate surface area is 104 Å². The number of nitrogen functional groups attached to an aromatic ring is 1. The third-order valence-electron chi connectivity index (χ3n) is 2.30. The van der Waals surface area contributed by atoms with E-state index in [0.29, 0.717) is 16.5 Å². The van der Waals surface area contributed by atoms with Crippen LogP contribution in [0.3, 0.4) is 0 Å². The summed E-state index contributed by atoms with van der Waals surface area (Å²) in [7, 11) is 0. The minimum absolute atomic E-state index is 0.260. The second-order valence-corrected chi connectivity index (χ2v) is 4.03. The van der Waals surface area contributed by atoms with E-state index in [9.17, 15) is 4.39 Å². The SMILES string of the molecule is Nc1ccc(Cl)cc1COc1cccc(F)c1. The molecule has 17 heavy (non-hydrogen) atoms. The molecule has 0 fully saturated rings. The van der Waals surface area contributed by atoms with Gasteiger partial charge in [-0.15, -0.1) is 0 Å². The van der Waals surface area contributed by atoms with Crippen molar-refractivity contribution < 1.29 is 9.13 Å². The zero-order chi connectivity index (χ0) is 12.3. The van der Waals surface area contributed by atoms with Crippen molar-refractivity contribution >= 4 is 17.3 Å². The first kappa shape index (κ1) is 11.7. The van der Waals surface area contributed by atoms with Gasteiger partial charge in [0.2, 0.25) is 0 Å². The Balaban J connectivity index is 2.09. The van der Waals surface area contributed by atoms with E-state index in [0.717, 1.165) is 5.56 Å². The normalized spacial score (nSPS) is 10.2. The summed E-state index contributed by atoms with van der Waals surface area (Å²) in [6.45, 7) is 0.260. The maximum atomic E-state index is 12.9. The number of hydrogen-bond donors (Lipinski definition) is 1. The quantitative estimate of drug-likeness (QED) is 0.846. The monoisotopic (exact) mass is 251 g/mol. The molecule has 0 aromatic heterocycles. The lowest BCUT2D eigenvalue weighted by Gasteiger charge is -2.08. The highest BCUT2D eigenvalue weighted by atomic mass is 35.5. The second kappa shape index (κ2) is 5.06. The van der Waals surface area contributed by atoms with Gasteiger partial charge in [0.15, 0.2) is 0 Å². The van der Waals surface area contributed by atoms with Gasteiger partial charge < -0.3 is 10.5 Å². The fraction of sp³-hybridized carbons (Fsp3) is 0.0769. The number of benzene rings is 2. The molecule has 0 aliphatic heterocycles. The lowest BCUT2D eigenvalue weighted by atomic mass is 10.2. The summed E-state index contributed by atoms with van der Waals surface area (Å²) in [5, 5.41) is 0.594. The number of anilines is 1. The Morgan fingerprint density at radius 1 is 1.18 bits per heavy atom. The van der Waals surface area contributed by atoms with Crippen LogP contribution >= 0.6 is 11.6 Å². The van der Waals surface area contributed by atoms with Crippen molar-refractivity contribution in [2.75, 3.05) is 5.73 Å². The van der Waals surface area contributed by atoms with Crippen molar-refractivity contribution in [3.8, 4) is 5.75 Å². The second-order valence-electron chi connectivity index (χ2n) is 3.59. The standard InChI is InChI=1S/C13H11ClFNO/c14-10-4-5-13(16)9(6-10)8-17-12-3-1-2-11(15)7-12/h1-7H,8,16H2. The van der Waals surface area contributed by atoms with Crippen molar-refractivity contribution in [3.63, 3.8) is 0 Å². The third-order valence-corrected chi connectivity index (χ3v) is 2.53. The van der Waals surface area contributed by atoms with Crippen LogP contribution in [-0.2, 0) is 6.61 Å². The molecular weight excluding hydrogens is 241 g/mol. The van der Waals surface area contributed by atoms with Gasteiger partial charge in [-0.3, -0.25) is 0 Å². The van der Waals surface area contributed by atoms with Gasteiger partial charge in [0.05, 0.1) is 0 Å². The van der Waals surface area contributed by atoms with E-state index in [4.69, 9.17) is 22.1 Å². The van der Waals surface area contributed by atoms with Crippen LogP contribution in [0.1, 0.15) is 5.56 Å². The smallest absolute Gasteiger partial charge is 0.126 e. The molecule has 2 nitrogen and oxygen atoms in total. The molecule has 4 heteroatoms. The molecule has 0 saturated carbocycles. The van der Waals surface area contributed by atoms with Crippen molar-refractivity contribution in [3.05, 3.63) is 58.9 Å². The molecule has 0 aliphatic carbocycles. The van der Waals surface area contributed by atoms with Gasteiger partial charge in [-0.25, -0.2) is 4.39 Å². The highest BCUT2D eigenvalue weighted by Gasteiger charge is 2.02. The van der Waals surface area contributed by atoms with Gasteiger partial charge >= 0.3 is 0 Å². The summed E-state index contributed by atoms with van der Waals surface area (Å²) in [6.07, 6.45) is 0. The minimum Gasteiger partial charge on any atom is -0.489 e. The molecule has 88 valence electrons. The summed E-state index contributed by atoms with van der Waals surface area (Å²) < 4.78 is 18.3. The molecule has 2 rings (SSSR count). The van der Waals surface area contributed by atoms with Gasteiger partial charge in [-0.2, -0.15) is 0 Å². The van der Waals surface area contributed by atoms with E-state index in [1.165, 1.54) is 12.1 Å². The summed E-state index contributed by atoms with van der Waals surface area (Å²) in [4.78, 5) is 0. The van der Waals surface area contributed by atoms with Crippen molar-refractivity contribution in [1.82, 2.24) is 0 Å². The van der Waals surface area contributed by atoms with Crippen LogP contribution in [0.4, 0.5) is 10.1 Å². The average Bonchev–Trinajstić information content (AvgIpc) is 2.30. The molecule has 0 bridgehead atoms. The fourth-order valence-corrected chi connectivity index (χ4v) is 1.61. The summed E-state index contributed by atoms with van der Waals surface area (Å²) in [6, 6.07) is 11.1. The fourth-order valence-electron chi connectivity index (χ4n) is 1.42. The first-order valence-corrected chi connectivity index (χ1v) is 5.45. The minimum atomic E-state index is -0.332. The molecule has 0 radical (unpaired) electrons. The number of hydrogen-bond acceptors (Lipinski definition) is 2. The molecule has 0 amide bonds. The summed E-state index contributed by atoms with van der Waals surface area (Å²) in [5.74, 6) is 0.131. The molecule has 0 heterocycles. The zero-order valence-corrected chi connectivity index (χ0v) is 9.75. The average molecular weight is 252 g/mol. The number of nitrogens with two attached hydrogens (primary N) is 1. The van der Waals surface area contributed by atoms with Gasteiger partial charge in [0.1, 0.15) is 18.2 Å². The first-order chi connectivity index (χ1) is 8.15. The lowest BCUT2D eigenvalue weighted by molar-refractivity contribution is 0.305. The predicted octanol–water partition coefficient (Wildman–Crippen LogP) is 3.64. The molecule has 0 saturated heterocycles. The number of rotatable bonds is 3. The Bertz CT molecular complexity index is 531. The van der Waals surface area contributed by atoms with E-state index < -0.39 is 0 Å². The topological polar surface area (TPSA) is 35.2 Å². The Morgan fingerprint density at radius 2 is 2.00 bits per heavy atom. The van der Waals surface area contributed by atoms with Gasteiger partial charge in [0, 0.05) is 22.3 Å². The van der Waals surface area contributed by atoms with Crippen LogP contribution in [0.15, 0.2) is 42.5 Å². The number of halogens is 2. The Morgan fingerprint density at radius 3 is 2.76 bits per heavy atom. The summed E-state index contributed by atoms with van der Waals surface area (Å²) in [5.41, 5.74) is 7.15. The van der Waals surface area contributed by atoms with E-state index in [1.54, 1.807) is 30.3 Å².